The number of hydrogen-bond acceptors (Lipinski definition) is 1. The molecule has 3 aliphatic rings. The van der Waals surface area contributed by atoms with Crippen molar-refractivity contribution >= 4 is 0 Å². The Kier molecular flexibility index (Phi) is 3.11. The number of fused-ring (bicyclic) bond motifs is 2. The maximum atomic E-state index is 3.85. The second-order valence-corrected chi connectivity index (χ2v) is 7.12. The van der Waals surface area contributed by atoms with Crippen molar-refractivity contribution in [2.24, 2.45) is 17.8 Å². The summed E-state index contributed by atoms with van der Waals surface area (Å²) in [5.41, 5.74) is 1.54. The Morgan fingerprint density at radius 2 is 1.79 bits per heavy atom. The van der Waals surface area contributed by atoms with Crippen molar-refractivity contribution in [2.45, 2.75) is 50.5 Å². The molecule has 1 aromatic rings. The van der Waals surface area contributed by atoms with Crippen LogP contribution in [0.4, 0.5) is 0 Å². The molecule has 1 N–H and O–H groups in total. The van der Waals surface area contributed by atoms with E-state index >= 15 is 0 Å². The molecule has 0 saturated heterocycles. The van der Waals surface area contributed by atoms with E-state index in [0.29, 0.717) is 0 Å². The summed E-state index contributed by atoms with van der Waals surface area (Å²) in [6.07, 6.45) is 8.82. The molecule has 1 nitrogen and oxygen atoms in total. The molecule has 0 spiro atoms. The number of rotatable bonds is 4. The summed E-state index contributed by atoms with van der Waals surface area (Å²) in [4.78, 5) is 0. The average molecular weight is 255 g/mol. The SMILES string of the molecule is c1ccc(C2CC(NCC3CC4CCC3C4)C2)cc1. The van der Waals surface area contributed by atoms with Gasteiger partial charge in [0.05, 0.1) is 0 Å². The first kappa shape index (κ1) is 12.0. The van der Waals surface area contributed by atoms with Crippen LogP contribution in [-0.2, 0) is 0 Å². The Hall–Kier alpha value is -0.820. The molecule has 0 radical (unpaired) electrons. The first-order valence-electron chi connectivity index (χ1n) is 8.17. The fourth-order valence-corrected chi connectivity index (χ4v) is 4.73. The van der Waals surface area contributed by atoms with Gasteiger partial charge in [-0.2, -0.15) is 0 Å². The summed E-state index contributed by atoms with van der Waals surface area (Å²) < 4.78 is 0. The molecule has 3 atom stereocenters. The standard InChI is InChI=1S/C18H25N/c1-2-4-14(5-3-1)16-10-18(11-16)19-12-17-9-13-6-7-15(17)8-13/h1-5,13,15-19H,6-12H2. The van der Waals surface area contributed by atoms with E-state index in [9.17, 15) is 0 Å². The van der Waals surface area contributed by atoms with Gasteiger partial charge in [0, 0.05) is 6.04 Å². The molecule has 4 rings (SSSR count). The molecule has 102 valence electrons. The van der Waals surface area contributed by atoms with Crippen LogP contribution in [0, 0.1) is 17.8 Å². The molecule has 3 saturated carbocycles. The van der Waals surface area contributed by atoms with E-state index in [1.165, 1.54) is 38.6 Å². The van der Waals surface area contributed by atoms with E-state index in [1.807, 2.05) is 0 Å². The first-order valence-corrected chi connectivity index (χ1v) is 8.17. The van der Waals surface area contributed by atoms with Gasteiger partial charge >= 0.3 is 0 Å². The van der Waals surface area contributed by atoms with Crippen LogP contribution in [0.2, 0.25) is 0 Å². The van der Waals surface area contributed by atoms with Gasteiger partial charge in [0.2, 0.25) is 0 Å². The van der Waals surface area contributed by atoms with Crippen LogP contribution >= 0.6 is 0 Å². The highest BCUT2D eigenvalue weighted by molar-refractivity contribution is 5.22. The first-order chi connectivity index (χ1) is 9.38. The van der Waals surface area contributed by atoms with Gasteiger partial charge in [-0.05, 0) is 67.9 Å². The zero-order valence-electron chi connectivity index (χ0n) is 11.7. The van der Waals surface area contributed by atoms with Gasteiger partial charge in [0.15, 0.2) is 0 Å². The van der Waals surface area contributed by atoms with Gasteiger partial charge in [0.25, 0.3) is 0 Å². The smallest absolute Gasteiger partial charge is 0.00788 e. The number of benzene rings is 1. The Morgan fingerprint density at radius 1 is 0.947 bits per heavy atom. The zero-order valence-corrected chi connectivity index (χ0v) is 11.7. The molecule has 1 heteroatoms. The average Bonchev–Trinajstić information content (AvgIpc) is 3.00. The molecule has 3 unspecified atom stereocenters. The molecule has 3 aliphatic carbocycles. The lowest BCUT2D eigenvalue weighted by atomic mass is 9.75. The summed E-state index contributed by atoms with van der Waals surface area (Å²) in [6, 6.07) is 11.8. The minimum atomic E-state index is 0.796. The van der Waals surface area contributed by atoms with Crippen molar-refractivity contribution < 1.29 is 0 Å². The molecule has 0 aromatic heterocycles. The zero-order chi connectivity index (χ0) is 12.7. The van der Waals surface area contributed by atoms with Crippen LogP contribution in [0.5, 0.6) is 0 Å². The molecule has 0 heterocycles. The lowest BCUT2D eigenvalue weighted by molar-refractivity contribution is 0.247. The molecule has 3 fully saturated rings. The second kappa shape index (κ2) is 4.94. The summed E-state index contributed by atoms with van der Waals surface area (Å²) in [6.45, 7) is 1.30. The quantitative estimate of drug-likeness (QED) is 0.858. The van der Waals surface area contributed by atoms with Crippen molar-refractivity contribution in [3.8, 4) is 0 Å². The van der Waals surface area contributed by atoms with Crippen molar-refractivity contribution in [2.75, 3.05) is 6.54 Å². The third-order valence-electron chi connectivity index (χ3n) is 5.96. The highest BCUT2D eigenvalue weighted by Gasteiger charge is 2.40. The fourth-order valence-electron chi connectivity index (χ4n) is 4.73. The molecule has 2 bridgehead atoms. The number of nitrogens with one attached hydrogen (secondary N) is 1. The Bertz CT molecular complexity index is 421. The second-order valence-electron chi connectivity index (χ2n) is 7.12. The van der Waals surface area contributed by atoms with Crippen LogP contribution in [0.15, 0.2) is 30.3 Å². The molecular formula is C18H25N. The predicted octanol–water partition coefficient (Wildman–Crippen LogP) is 3.96. The van der Waals surface area contributed by atoms with Gasteiger partial charge in [0.1, 0.15) is 0 Å². The van der Waals surface area contributed by atoms with E-state index in [-0.39, 0.29) is 0 Å². The lowest BCUT2D eigenvalue weighted by Crippen LogP contribution is -2.42. The minimum absolute atomic E-state index is 0.796. The van der Waals surface area contributed by atoms with E-state index in [0.717, 1.165) is 29.7 Å². The van der Waals surface area contributed by atoms with Crippen LogP contribution in [-0.4, -0.2) is 12.6 Å². The van der Waals surface area contributed by atoms with Gasteiger partial charge in [-0.1, -0.05) is 36.8 Å². The van der Waals surface area contributed by atoms with E-state index in [1.54, 1.807) is 12.0 Å². The van der Waals surface area contributed by atoms with Crippen LogP contribution in [0.3, 0.4) is 0 Å². The van der Waals surface area contributed by atoms with Crippen molar-refractivity contribution in [1.29, 1.82) is 0 Å². The van der Waals surface area contributed by atoms with Crippen molar-refractivity contribution in [3.05, 3.63) is 35.9 Å². The van der Waals surface area contributed by atoms with Crippen molar-refractivity contribution in [3.63, 3.8) is 0 Å². The lowest BCUT2D eigenvalue weighted by Gasteiger charge is -2.37. The summed E-state index contributed by atoms with van der Waals surface area (Å²) >= 11 is 0. The monoisotopic (exact) mass is 255 g/mol. The molecule has 19 heavy (non-hydrogen) atoms. The third-order valence-corrected chi connectivity index (χ3v) is 5.96. The molecule has 1 aromatic carbocycles. The van der Waals surface area contributed by atoms with E-state index < -0.39 is 0 Å². The highest BCUT2D eigenvalue weighted by atomic mass is 14.9. The summed E-state index contributed by atoms with van der Waals surface area (Å²) in [5.74, 6) is 3.99. The van der Waals surface area contributed by atoms with Crippen molar-refractivity contribution in [1.82, 2.24) is 5.32 Å². The van der Waals surface area contributed by atoms with Gasteiger partial charge in [-0.3, -0.25) is 0 Å². The molecule has 0 aliphatic heterocycles. The molecule has 0 amide bonds. The van der Waals surface area contributed by atoms with E-state index in [2.05, 4.69) is 35.6 Å². The van der Waals surface area contributed by atoms with Crippen LogP contribution in [0.25, 0.3) is 0 Å². The normalized spacial score (nSPS) is 40.3. The highest BCUT2D eigenvalue weighted by Crippen LogP contribution is 2.48. The Labute approximate surface area is 116 Å². The van der Waals surface area contributed by atoms with Crippen LogP contribution in [0.1, 0.15) is 50.0 Å². The van der Waals surface area contributed by atoms with Crippen LogP contribution < -0.4 is 5.32 Å². The third kappa shape index (κ3) is 2.33. The summed E-state index contributed by atoms with van der Waals surface area (Å²) in [5, 5.41) is 3.85. The Morgan fingerprint density at radius 3 is 2.47 bits per heavy atom. The maximum absolute atomic E-state index is 3.85. The molecular weight excluding hydrogens is 230 g/mol. The largest absolute Gasteiger partial charge is 0.314 e. The maximum Gasteiger partial charge on any atom is 0.00788 e. The predicted molar refractivity (Wildman–Crippen MR) is 79.1 cm³/mol. The summed E-state index contributed by atoms with van der Waals surface area (Å²) in [7, 11) is 0. The fraction of sp³-hybridized carbons (Fsp3) is 0.667. The minimum Gasteiger partial charge on any atom is -0.314 e. The van der Waals surface area contributed by atoms with Gasteiger partial charge in [-0.15, -0.1) is 0 Å². The van der Waals surface area contributed by atoms with Gasteiger partial charge in [-0.25, -0.2) is 0 Å². The Balaban J connectivity index is 1.22. The van der Waals surface area contributed by atoms with E-state index in [4.69, 9.17) is 0 Å². The number of hydrogen-bond donors (Lipinski definition) is 1. The van der Waals surface area contributed by atoms with Gasteiger partial charge < -0.3 is 5.32 Å². The topological polar surface area (TPSA) is 12.0 Å².